The number of amides is 1. The Morgan fingerprint density at radius 2 is 1.88 bits per heavy atom. The lowest BCUT2D eigenvalue weighted by molar-refractivity contribution is 0.102. The Morgan fingerprint density at radius 1 is 1.08 bits per heavy atom. The number of rotatable bonds is 4. The van der Waals surface area contributed by atoms with E-state index in [4.69, 9.17) is 25.5 Å². The second kappa shape index (κ2) is 6.86. The molecule has 1 N–H and O–H groups in total. The first-order chi connectivity index (χ1) is 12.0. The molecule has 0 atom stereocenters. The highest BCUT2D eigenvalue weighted by Gasteiger charge is 2.16. The highest BCUT2D eigenvalue weighted by molar-refractivity contribution is 6.31. The molecule has 0 aliphatic carbocycles. The third-order valence-electron chi connectivity index (χ3n) is 3.61. The third kappa shape index (κ3) is 3.44. The van der Waals surface area contributed by atoms with Gasteiger partial charge in [0.05, 0.1) is 25.5 Å². The molecule has 3 rings (SSSR count). The van der Waals surface area contributed by atoms with E-state index in [0.29, 0.717) is 27.6 Å². The molecule has 1 aromatic heterocycles. The maximum atomic E-state index is 12.7. The lowest BCUT2D eigenvalue weighted by Crippen LogP contribution is -2.15. The Kier molecular flexibility index (Phi) is 4.63. The van der Waals surface area contributed by atoms with Crippen molar-refractivity contribution >= 4 is 34.2 Å². The van der Waals surface area contributed by atoms with E-state index in [1.54, 1.807) is 36.4 Å². The summed E-state index contributed by atoms with van der Waals surface area (Å²) >= 11 is 5.97. The van der Waals surface area contributed by atoms with Gasteiger partial charge >= 0.3 is 5.63 Å². The molecule has 0 spiro atoms. The van der Waals surface area contributed by atoms with Crippen molar-refractivity contribution in [1.29, 1.82) is 0 Å². The SMILES string of the molecule is COc1ccc2c(C(=O)Nc3cc(Cl)ccc3OC)cc(=O)oc2c1. The molecule has 25 heavy (non-hydrogen) atoms. The summed E-state index contributed by atoms with van der Waals surface area (Å²) in [7, 11) is 2.99. The minimum Gasteiger partial charge on any atom is -0.497 e. The van der Waals surface area contributed by atoms with Crippen LogP contribution in [0.15, 0.2) is 51.7 Å². The number of carbonyl (C=O) groups is 1. The number of carbonyl (C=O) groups excluding carboxylic acids is 1. The van der Waals surface area contributed by atoms with Crippen LogP contribution in [0.4, 0.5) is 5.69 Å². The van der Waals surface area contributed by atoms with Crippen molar-refractivity contribution in [2.75, 3.05) is 19.5 Å². The summed E-state index contributed by atoms with van der Waals surface area (Å²) in [6, 6.07) is 10.9. The molecule has 0 aliphatic rings. The van der Waals surface area contributed by atoms with Crippen LogP contribution in [0.25, 0.3) is 11.0 Å². The molecule has 128 valence electrons. The van der Waals surface area contributed by atoms with Gasteiger partial charge in [0.1, 0.15) is 17.1 Å². The number of nitrogens with one attached hydrogen (secondary N) is 1. The second-order valence-corrected chi connectivity index (χ2v) is 5.58. The van der Waals surface area contributed by atoms with Gasteiger partial charge in [-0.2, -0.15) is 0 Å². The summed E-state index contributed by atoms with van der Waals surface area (Å²) in [4.78, 5) is 24.5. The molecular formula is C18H14ClNO5. The van der Waals surface area contributed by atoms with Gasteiger partial charge in [-0.15, -0.1) is 0 Å². The van der Waals surface area contributed by atoms with Crippen molar-refractivity contribution < 1.29 is 18.7 Å². The third-order valence-corrected chi connectivity index (χ3v) is 3.84. The predicted molar refractivity (Wildman–Crippen MR) is 95.0 cm³/mol. The van der Waals surface area contributed by atoms with Crippen molar-refractivity contribution in [3.63, 3.8) is 0 Å². The van der Waals surface area contributed by atoms with Crippen LogP contribution in [0.3, 0.4) is 0 Å². The summed E-state index contributed by atoms with van der Waals surface area (Å²) in [6.07, 6.45) is 0. The number of benzene rings is 2. The molecule has 0 bridgehead atoms. The minimum absolute atomic E-state index is 0.177. The van der Waals surface area contributed by atoms with Gasteiger partial charge in [-0.25, -0.2) is 4.79 Å². The van der Waals surface area contributed by atoms with Crippen LogP contribution in [0.2, 0.25) is 5.02 Å². The highest BCUT2D eigenvalue weighted by Crippen LogP contribution is 2.29. The van der Waals surface area contributed by atoms with Crippen LogP contribution in [-0.2, 0) is 0 Å². The van der Waals surface area contributed by atoms with E-state index in [1.807, 2.05) is 0 Å². The molecule has 0 radical (unpaired) electrons. The average molecular weight is 360 g/mol. The van der Waals surface area contributed by atoms with Crippen LogP contribution in [-0.4, -0.2) is 20.1 Å². The van der Waals surface area contributed by atoms with Gasteiger partial charge in [0.25, 0.3) is 5.91 Å². The molecule has 1 amide bonds. The van der Waals surface area contributed by atoms with Crippen LogP contribution < -0.4 is 20.4 Å². The summed E-state index contributed by atoms with van der Waals surface area (Å²) in [6.45, 7) is 0. The molecule has 0 unspecified atom stereocenters. The Labute approximate surface area is 147 Å². The molecule has 2 aromatic carbocycles. The first kappa shape index (κ1) is 16.9. The van der Waals surface area contributed by atoms with E-state index < -0.39 is 11.5 Å². The molecule has 0 fully saturated rings. The Bertz CT molecular complexity index is 1010. The summed E-state index contributed by atoms with van der Waals surface area (Å²) in [5.74, 6) is 0.486. The van der Waals surface area contributed by atoms with Crippen molar-refractivity contribution in [2.45, 2.75) is 0 Å². The van der Waals surface area contributed by atoms with Gasteiger partial charge in [0, 0.05) is 22.5 Å². The average Bonchev–Trinajstić information content (AvgIpc) is 2.60. The van der Waals surface area contributed by atoms with Crippen molar-refractivity contribution in [3.8, 4) is 11.5 Å². The van der Waals surface area contributed by atoms with Crippen molar-refractivity contribution in [1.82, 2.24) is 0 Å². The number of ether oxygens (including phenoxy) is 2. The first-order valence-corrected chi connectivity index (χ1v) is 7.66. The number of hydrogen-bond donors (Lipinski definition) is 1. The summed E-state index contributed by atoms with van der Waals surface area (Å²) in [5, 5.41) is 3.63. The Hall–Kier alpha value is -2.99. The highest BCUT2D eigenvalue weighted by atomic mass is 35.5. The van der Waals surface area contributed by atoms with E-state index in [2.05, 4.69) is 5.32 Å². The van der Waals surface area contributed by atoms with Crippen LogP contribution >= 0.6 is 11.6 Å². The van der Waals surface area contributed by atoms with E-state index in [-0.39, 0.29) is 11.1 Å². The first-order valence-electron chi connectivity index (χ1n) is 7.28. The fourth-order valence-corrected chi connectivity index (χ4v) is 2.60. The number of fused-ring (bicyclic) bond motifs is 1. The zero-order chi connectivity index (χ0) is 18.0. The van der Waals surface area contributed by atoms with Gasteiger partial charge in [0.2, 0.25) is 0 Å². The Balaban J connectivity index is 2.06. The lowest BCUT2D eigenvalue weighted by Gasteiger charge is -2.11. The van der Waals surface area contributed by atoms with Gasteiger partial charge in [-0.05, 0) is 30.3 Å². The molecule has 3 aromatic rings. The number of halogens is 1. The molecular weight excluding hydrogens is 346 g/mol. The fraction of sp³-hybridized carbons (Fsp3) is 0.111. The van der Waals surface area contributed by atoms with E-state index >= 15 is 0 Å². The zero-order valence-corrected chi connectivity index (χ0v) is 14.2. The van der Waals surface area contributed by atoms with E-state index in [1.165, 1.54) is 14.2 Å². The largest absolute Gasteiger partial charge is 0.497 e. The van der Waals surface area contributed by atoms with Crippen molar-refractivity contribution in [2.24, 2.45) is 0 Å². The van der Waals surface area contributed by atoms with Gasteiger partial charge in [-0.1, -0.05) is 11.6 Å². The molecule has 1 heterocycles. The normalized spacial score (nSPS) is 10.5. The van der Waals surface area contributed by atoms with Crippen LogP contribution in [0.1, 0.15) is 10.4 Å². The topological polar surface area (TPSA) is 77.8 Å². The number of hydrogen-bond acceptors (Lipinski definition) is 5. The molecule has 0 saturated heterocycles. The van der Waals surface area contributed by atoms with E-state index in [9.17, 15) is 9.59 Å². The molecule has 0 aliphatic heterocycles. The molecule has 7 heteroatoms. The van der Waals surface area contributed by atoms with E-state index in [0.717, 1.165) is 6.07 Å². The summed E-state index contributed by atoms with van der Waals surface area (Å²) < 4.78 is 15.5. The molecule has 0 saturated carbocycles. The Morgan fingerprint density at radius 3 is 2.60 bits per heavy atom. The van der Waals surface area contributed by atoms with Crippen molar-refractivity contribution in [3.05, 3.63) is 63.5 Å². The smallest absolute Gasteiger partial charge is 0.337 e. The van der Waals surface area contributed by atoms with Crippen LogP contribution in [0, 0.1) is 0 Å². The lowest BCUT2D eigenvalue weighted by atomic mass is 10.1. The maximum absolute atomic E-state index is 12.7. The standard InChI is InChI=1S/C18H14ClNO5/c1-23-11-4-5-12-13(9-17(21)25-16(12)8-11)18(22)20-14-7-10(19)3-6-15(14)24-2/h3-9H,1-2H3,(H,20,22). The van der Waals surface area contributed by atoms with Crippen LogP contribution in [0.5, 0.6) is 11.5 Å². The minimum atomic E-state index is -0.635. The van der Waals surface area contributed by atoms with Gasteiger partial charge < -0.3 is 19.2 Å². The summed E-state index contributed by atoms with van der Waals surface area (Å²) in [5.41, 5.74) is 0.199. The number of anilines is 1. The monoisotopic (exact) mass is 359 g/mol. The fourth-order valence-electron chi connectivity index (χ4n) is 2.43. The quantitative estimate of drug-likeness (QED) is 0.718. The maximum Gasteiger partial charge on any atom is 0.337 e. The second-order valence-electron chi connectivity index (χ2n) is 5.14. The zero-order valence-electron chi connectivity index (χ0n) is 13.5. The molecule has 6 nitrogen and oxygen atoms in total. The van der Waals surface area contributed by atoms with Gasteiger partial charge in [-0.3, -0.25) is 4.79 Å². The predicted octanol–water partition coefficient (Wildman–Crippen LogP) is 3.72. The van der Waals surface area contributed by atoms with Gasteiger partial charge in [0.15, 0.2) is 0 Å². The number of methoxy groups -OCH3 is 2.